The van der Waals surface area contributed by atoms with Crippen molar-refractivity contribution >= 4 is 15.9 Å². The lowest BCUT2D eigenvalue weighted by Gasteiger charge is -1.98. The van der Waals surface area contributed by atoms with Crippen LogP contribution < -0.4 is 5.73 Å². The maximum Gasteiger partial charge on any atom is 0.171 e. The Hall–Kier alpha value is -1.13. The third kappa shape index (κ3) is 1.71. The summed E-state index contributed by atoms with van der Waals surface area (Å²) in [5.41, 5.74) is 7.47. The number of aromatic nitrogens is 1. The van der Waals surface area contributed by atoms with E-state index < -0.39 is 0 Å². The molecule has 1 heterocycles. The van der Waals surface area contributed by atoms with Crippen molar-refractivity contribution in [3.05, 3.63) is 40.5 Å². The van der Waals surface area contributed by atoms with E-state index in [0.717, 1.165) is 21.4 Å². The summed E-state index contributed by atoms with van der Waals surface area (Å²) in [5, 5.41) is 3.73. The van der Waals surface area contributed by atoms with E-state index in [4.69, 9.17) is 10.3 Å². The molecule has 3 nitrogen and oxygen atoms in total. The number of nitrogens with zero attached hydrogens (tertiary/aromatic N) is 1. The van der Waals surface area contributed by atoms with Gasteiger partial charge in [0, 0.05) is 22.1 Å². The Kier molecular flexibility index (Phi) is 2.65. The molecule has 0 aliphatic carbocycles. The van der Waals surface area contributed by atoms with E-state index in [1.165, 1.54) is 0 Å². The molecule has 1 aromatic heterocycles. The molecule has 0 amide bonds. The standard InChI is InChI=1S/C10H9BrN2O/c11-9-3-1-7(2-4-9)10-8(5-12)6-13-14-10/h1-4,6H,5,12H2. The lowest BCUT2D eigenvalue weighted by molar-refractivity contribution is 0.431. The Balaban J connectivity index is 2.44. The van der Waals surface area contributed by atoms with Crippen LogP contribution in [-0.4, -0.2) is 5.16 Å². The summed E-state index contributed by atoms with van der Waals surface area (Å²) in [6.07, 6.45) is 1.65. The zero-order valence-corrected chi connectivity index (χ0v) is 8.99. The predicted molar refractivity (Wildman–Crippen MR) is 57.5 cm³/mol. The van der Waals surface area contributed by atoms with Crippen LogP contribution in [-0.2, 0) is 6.54 Å². The van der Waals surface area contributed by atoms with Gasteiger partial charge in [-0.25, -0.2) is 0 Å². The number of halogens is 1. The Morgan fingerprint density at radius 2 is 2.00 bits per heavy atom. The van der Waals surface area contributed by atoms with E-state index in [-0.39, 0.29) is 0 Å². The van der Waals surface area contributed by atoms with E-state index in [1.54, 1.807) is 6.20 Å². The summed E-state index contributed by atoms with van der Waals surface area (Å²) < 4.78 is 6.17. The summed E-state index contributed by atoms with van der Waals surface area (Å²) in [4.78, 5) is 0. The number of hydrogen-bond donors (Lipinski definition) is 1. The molecule has 0 radical (unpaired) electrons. The number of benzene rings is 1. The van der Waals surface area contributed by atoms with Gasteiger partial charge < -0.3 is 10.3 Å². The third-order valence-electron chi connectivity index (χ3n) is 1.97. The first kappa shape index (κ1) is 9.43. The van der Waals surface area contributed by atoms with Crippen molar-refractivity contribution in [3.8, 4) is 11.3 Å². The second-order valence-corrected chi connectivity index (χ2v) is 3.81. The van der Waals surface area contributed by atoms with Gasteiger partial charge in [0.1, 0.15) is 0 Å². The maximum atomic E-state index is 5.55. The normalized spacial score (nSPS) is 10.4. The second-order valence-electron chi connectivity index (χ2n) is 2.89. The van der Waals surface area contributed by atoms with Crippen LogP contribution in [0.3, 0.4) is 0 Å². The van der Waals surface area contributed by atoms with E-state index in [2.05, 4.69) is 21.1 Å². The molecule has 4 heteroatoms. The van der Waals surface area contributed by atoms with Gasteiger partial charge in [-0.1, -0.05) is 33.2 Å². The van der Waals surface area contributed by atoms with Gasteiger partial charge in [0.15, 0.2) is 5.76 Å². The smallest absolute Gasteiger partial charge is 0.171 e. The molecule has 0 saturated heterocycles. The molecule has 0 aliphatic rings. The summed E-state index contributed by atoms with van der Waals surface area (Å²) in [5.74, 6) is 0.750. The fourth-order valence-corrected chi connectivity index (χ4v) is 1.51. The van der Waals surface area contributed by atoms with Crippen LogP contribution >= 0.6 is 15.9 Å². The Bertz CT molecular complexity index is 422. The first-order valence-electron chi connectivity index (χ1n) is 4.21. The van der Waals surface area contributed by atoms with Crippen LogP contribution in [0.2, 0.25) is 0 Å². The highest BCUT2D eigenvalue weighted by atomic mass is 79.9. The topological polar surface area (TPSA) is 52.0 Å². The van der Waals surface area contributed by atoms with E-state index in [0.29, 0.717) is 6.54 Å². The largest absolute Gasteiger partial charge is 0.356 e. The van der Waals surface area contributed by atoms with Gasteiger partial charge in [-0.2, -0.15) is 0 Å². The summed E-state index contributed by atoms with van der Waals surface area (Å²) in [6, 6.07) is 7.84. The molecule has 2 N–H and O–H groups in total. The van der Waals surface area contributed by atoms with Gasteiger partial charge in [0.05, 0.1) is 6.20 Å². The van der Waals surface area contributed by atoms with Gasteiger partial charge in [0.2, 0.25) is 0 Å². The van der Waals surface area contributed by atoms with Gasteiger partial charge in [-0.05, 0) is 12.1 Å². The molecule has 0 unspecified atom stereocenters. The highest BCUT2D eigenvalue weighted by Gasteiger charge is 2.08. The summed E-state index contributed by atoms with van der Waals surface area (Å²) >= 11 is 3.37. The SMILES string of the molecule is NCc1cnoc1-c1ccc(Br)cc1. The Morgan fingerprint density at radius 1 is 1.29 bits per heavy atom. The predicted octanol–water partition coefficient (Wildman–Crippen LogP) is 2.56. The molecule has 2 aromatic rings. The van der Waals surface area contributed by atoms with Crippen LogP contribution in [0.5, 0.6) is 0 Å². The van der Waals surface area contributed by atoms with Crippen LogP contribution in [0, 0.1) is 0 Å². The van der Waals surface area contributed by atoms with Crippen LogP contribution in [0.4, 0.5) is 0 Å². The average Bonchev–Trinajstić information content (AvgIpc) is 2.67. The molecule has 0 bridgehead atoms. The highest BCUT2D eigenvalue weighted by Crippen LogP contribution is 2.24. The molecule has 2 rings (SSSR count). The minimum absolute atomic E-state index is 0.439. The van der Waals surface area contributed by atoms with Gasteiger partial charge >= 0.3 is 0 Å². The number of nitrogens with two attached hydrogens (primary N) is 1. The summed E-state index contributed by atoms with van der Waals surface area (Å²) in [7, 11) is 0. The van der Waals surface area contributed by atoms with Gasteiger partial charge in [-0.15, -0.1) is 0 Å². The molecule has 0 spiro atoms. The molecule has 0 saturated carbocycles. The molecule has 1 aromatic carbocycles. The molecule has 72 valence electrons. The molecule has 14 heavy (non-hydrogen) atoms. The van der Waals surface area contributed by atoms with Crippen molar-refractivity contribution in [2.24, 2.45) is 5.73 Å². The zero-order valence-electron chi connectivity index (χ0n) is 7.40. The molecule has 0 aliphatic heterocycles. The van der Waals surface area contributed by atoms with Crippen molar-refractivity contribution in [2.75, 3.05) is 0 Å². The fourth-order valence-electron chi connectivity index (χ4n) is 1.24. The van der Waals surface area contributed by atoms with Crippen molar-refractivity contribution in [1.82, 2.24) is 5.16 Å². The molecule has 0 fully saturated rings. The maximum absolute atomic E-state index is 5.55. The Morgan fingerprint density at radius 3 is 2.64 bits per heavy atom. The number of rotatable bonds is 2. The average molecular weight is 253 g/mol. The van der Waals surface area contributed by atoms with Crippen molar-refractivity contribution in [2.45, 2.75) is 6.54 Å². The van der Waals surface area contributed by atoms with E-state index >= 15 is 0 Å². The first-order chi connectivity index (χ1) is 6.81. The zero-order chi connectivity index (χ0) is 9.97. The van der Waals surface area contributed by atoms with Crippen molar-refractivity contribution in [3.63, 3.8) is 0 Å². The van der Waals surface area contributed by atoms with Crippen LogP contribution in [0.1, 0.15) is 5.56 Å². The van der Waals surface area contributed by atoms with Crippen molar-refractivity contribution in [1.29, 1.82) is 0 Å². The van der Waals surface area contributed by atoms with E-state index in [1.807, 2.05) is 24.3 Å². The third-order valence-corrected chi connectivity index (χ3v) is 2.50. The van der Waals surface area contributed by atoms with Gasteiger partial charge in [-0.3, -0.25) is 0 Å². The fraction of sp³-hybridized carbons (Fsp3) is 0.100. The van der Waals surface area contributed by atoms with Gasteiger partial charge in [0.25, 0.3) is 0 Å². The van der Waals surface area contributed by atoms with Crippen molar-refractivity contribution < 1.29 is 4.52 Å². The van der Waals surface area contributed by atoms with E-state index in [9.17, 15) is 0 Å². The monoisotopic (exact) mass is 252 g/mol. The Labute approximate surface area is 90.0 Å². The number of hydrogen-bond acceptors (Lipinski definition) is 3. The molecular weight excluding hydrogens is 244 g/mol. The molecular formula is C10H9BrN2O. The highest BCUT2D eigenvalue weighted by molar-refractivity contribution is 9.10. The lowest BCUT2D eigenvalue weighted by atomic mass is 10.1. The van der Waals surface area contributed by atoms with Crippen LogP contribution in [0.25, 0.3) is 11.3 Å². The quantitative estimate of drug-likeness (QED) is 0.894. The van der Waals surface area contributed by atoms with Crippen LogP contribution in [0.15, 0.2) is 39.5 Å². The minimum Gasteiger partial charge on any atom is -0.356 e. The minimum atomic E-state index is 0.439. The lowest BCUT2D eigenvalue weighted by Crippen LogP contribution is -1.95. The molecule has 0 atom stereocenters. The first-order valence-corrected chi connectivity index (χ1v) is 5.00. The second kappa shape index (κ2) is 3.94. The summed E-state index contributed by atoms with van der Waals surface area (Å²) in [6.45, 7) is 0.439.